The zero-order chi connectivity index (χ0) is 13.1. The SMILES string of the molecule is Oc1ccc(CCc2nc([C@@H]3CCOC3)no2)cc1. The van der Waals surface area contributed by atoms with Crippen LogP contribution < -0.4 is 0 Å². The van der Waals surface area contributed by atoms with Gasteiger partial charge in [-0.3, -0.25) is 0 Å². The summed E-state index contributed by atoms with van der Waals surface area (Å²) >= 11 is 0. The summed E-state index contributed by atoms with van der Waals surface area (Å²) < 4.78 is 10.6. The van der Waals surface area contributed by atoms with E-state index >= 15 is 0 Å². The number of hydrogen-bond donors (Lipinski definition) is 1. The van der Waals surface area contributed by atoms with E-state index < -0.39 is 0 Å². The van der Waals surface area contributed by atoms with E-state index in [1.807, 2.05) is 12.1 Å². The number of aromatic nitrogens is 2. The van der Waals surface area contributed by atoms with Crippen molar-refractivity contribution >= 4 is 0 Å². The van der Waals surface area contributed by atoms with Crippen LogP contribution in [0.3, 0.4) is 0 Å². The fourth-order valence-electron chi connectivity index (χ4n) is 2.19. The standard InChI is InChI=1S/C14H16N2O3/c17-12-4-1-10(2-5-12)3-6-13-15-14(16-19-13)11-7-8-18-9-11/h1-2,4-5,11,17H,3,6-9H2/t11-/m1/s1. The molecule has 0 saturated carbocycles. The van der Waals surface area contributed by atoms with Crippen molar-refractivity contribution in [2.45, 2.75) is 25.2 Å². The van der Waals surface area contributed by atoms with Gasteiger partial charge in [-0.1, -0.05) is 17.3 Å². The van der Waals surface area contributed by atoms with Gasteiger partial charge in [0.15, 0.2) is 5.82 Å². The number of nitrogens with zero attached hydrogens (tertiary/aromatic N) is 2. The van der Waals surface area contributed by atoms with Crippen LogP contribution in [0.25, 0.3) is 0 Å². The van der Waals surface area contributed by atoms with Gasteiger partial charge in [-0.05, 0) is 30.5 Å². The van der Waals surface area contributed by atoms with Crippen LogP contribution in [0.15, 0.2) is 28.8 Å². The Balaban J connectivity index is 1.59. The third kappa shape index (κ3) is 2.93. The number of phenols is 1. The summed E-state index contributed by atoms with van der Waals surface area (Å²) in [6.45, 7) is 1.47. The first-order valence-corrected chi connectivity index (χ1v) is 6.49. The average molecular weight is 260 g/mol. The smallest absolute Gasteiger partial charge is 0.226 e. The minimum Gasteiger partial charge on any atom is -0.508 e. The number of hydrogen-bond acceptors (Lipinski definition) is 5. The monoisotopic (exact) mass is 260 g/mol. The van der Waals surface area contributed by atoms with E-state index in [2.05, 4.69) is 10.1 Å². The van der Waals surface area contributed by atoms with Crippen molar-refractivity contribution in [3.8, 4) is 5.75 Å². The molecule has 1 aromatic heterocycles. The summed E-state index contributed by atoms with van der Waals surface area (Å²) in [5, 5.41) is 13.2. The molecule has 0 bridgehead atoms. The number of benzene rings is 1. The number of aryl methyl sites for hydroxylation is 2. The van der Waals surface area contributed by atoms with Crippen LogP contribution in [0.2, 0.25) is 0 Å². The van der Waals surface area contributed by atoms with Gasteiger partial charge in [0.1, 0.15) is 5.75 Å². The molecule has 100 valence electrons. The molecule has 19 heavy (non-hydrogen) atoms. The van der Waals surface area contributed by atoms with E-state index in [1.165, 1.54) is 0 Å². The Morgan fingerprint density at radius 3 is 2.79 bits per heavy atom. The Bertz CT molecular complexity index is 530. The predicted octanol–water partition coefficient (Wildman–Crippen LogP) is 2.06. The quantitative estimate of drug-likeness (QED) is 0.911. The summed E-state index contributed by atoms with van der Waals surface area (Å²) in [6.07, 6.45) is 2.51. The van der Waals surface area contributed by atoms with Crippen LogP contribution in [0.5, 0.6) is 5.75 Å². The summed E-state index contributed by atoms with van der Waals surface area (Å²) in [5.74, 6) is 1.99. The third-order valence-electron chi connectivity index (χ3n) is 3.34. The molecular formula is C14H16N2O3. The average Bonchev–Trinajstić information content (AvgIpc) is 3.09. The Kier molecular flexibility index (Phi) is 3.46. The number of ether oxygens (including phenoxy) is 1. The molecular weight excluding hydrogens is 244 g/mol. The Morgan fingerprint density at radius 2 is 2.05 bits per heavy atom. The summed E-state index contributed by atoms with van der Waals surface area (Å²) in [5.41, 5.74) is 1.14. The molecule has 0 spiro atoms. The van der Waals surface area contributed by atoms with Gasteiger partial charge in [0.25, 0.3) is 0 Å². The molecule has 1 saturated heterocycles. The van der Waals surface area contributed by atoms with E-state index in [1.54, 1.807) is 12.1 Å². The minimum absolute atomic E-state index is 0.282. The van der Waals surface area contributed by atoms with Gasteiger partial charge >= 0.3 is 0 Å². The molecule has 0 amide bonds. The molecule has 1 aliphatic heterocycles. The Hall–Kier alpha value is -1.88. The van der Waals surface area contributed by atoms with Crippen LogP contribution in [-0.2, 0) is 17.6 Å². The predicted molar refractivity (Wildman–Crippen MR) is 68.0 cm³/mol. The highest BCUT2D eigenvalue weighted by Crippen LogP contribution is 2.22. The van der Waals surface area contributed by atoms with Crippen molar-refractivity contribution < 1.29 is 14.4 Å². The summed E-state index contributed by atoms with van der Waals surface area (Å²) in [6, 6.07) is 7.17. The second kappa shape index (κ2) is 5.40. The first-order chi connectivity index (χ1) is 9.31. The maximum atomic E-state index is 9.21. The van der Waals surface area contributed by atoms with Crippen molar-refractivity contribution in [3.63, 3.8) is 0 Å². The zero-order valence-electron chi connectivity index (χ0n) is 10.6. The van der Waals surface area contributed by atoms with Gasteiger partial charge in [-0.15, -0.1) is 0 Å². The highest BCUT2D eigenvalue weighted by molar-refractivity contribution is 5.26. The van der Waals surface area contributed by atoms with E-state index in [0.717, 1.165) is 30.8 Å². The highest BCUT2D eigenvalue weighted by atomic mass is 16.5. The maximum Gasteiger partial charge on any atom is 0.226 e. The van der Waals surface area contributed by atoms with Gasteiger partial charge in [-0.25, -0.2) is 0 Å². The van der Waals surface area contributed by atoms with Crippen molar-refractivity contribution in [1.82, 2.24) is 10.1 Å². The summed E-state index contributed by atoms with van der Waals surface area (Å²) in [7, 11) is 0. The molecule has 0 unspecified atom stereocenters. The van der Waals surface area contributed by atoms with Gasteiger partial charge in [-0.2, -0.15) is 4.98 Å². The first-order valence-electron chi connectivity index (χ1n) is 6.49. The topological polar surface area (TPSA) is 68.4 Å². The van der Waals surface area contributed by atoms with Crippen LogP contribution in [0.1, 0.15) is 29.6 Å². The van der Waals surface area contributed by atoms with Gasteiger partial charge in [0.2, 0.25) is 5.89 Å². The fourth-order valence-corrected chi connectivity index (χ4v) is 2.19. The van der Waals surface area contributed by atoms with E-state index in [-0.39, 0.29) is 11.7 Å². The molecule has 5 heteroatoms. The lowest BCUT2D eigenvalue weighted by atomic mass is 10.1. The number of phenolic OH excluding ortho intramolecular Hbond substituents is 1. The molecule has 1 fully saturated rings. The Labute approximate surface area is 111 Å². The van der Waals surface area contributed by atoms with Crippen LogP contribution in [-0.4, -0.2) is 28.5 Å². The highest BCUT2D eigenvalue weighted by Gasteiger charge is 2.22. The van der Waals surface area contributed by atoms with E-state index in [0.29, 0.717) is 18.9 Å². The first kappa shape index (κ1) is 12.2. The molecule has 0 radical (unpaired) electrons. The lowest BCUT2D eigenvalue weighted by molar-refractivity contribution is 0.192. The molecule has 5 nitrogen and oxygen atoms in total. The van der Waals surface area contributed by atoms with Crippen LogP contribution in [0, 0.1) is 0 Å². The minimum atomic E-state index is 0.282. The Morgan fingerprint density at radius 1 is 1.21 bits per heavy atom. The molecule has 3 rings (SSSR count). The molecule has 2 heterocycles. The normalized spacial score (nSPS) is 18.8. The molecule has 1 aromatic carbocycles. The van der Waals surface area contributed by atoms with E-state index in [9.17, 15) is 5.11 Å². The molecule has 1 aliphatic rings. The second-order valence-corrected chi connectivity index (χ2v) is 4.77. The van der Waals surface area contributed by atoms with Crippen molar-refractivity contribution in [2.24, 2.45) is 0 Å². The maximum absolute atomic E-state index is 9.21. The molecule has 0 aliphatic carbocycles. The summed E-state index contributed by atoms with van der Waals surface area (Å²) in [4.78, 5) is 4.42. The van der Waals surface area contributed by atoms with Crippen molar-refractivity contribution in [1.29, 1.82) is 0 Å². The van der Waals surface area contributed by atoms with Crippen LogP contribution in [0.4, 0.5) is 0 Å². The van der Waals surface area contributed by atoms with Crippen molar-refractivity contribution in [3.05, 3.63) is 41.5 Å². The third-order valence-corrected chi connectivity index (χ3v) is 3.34. The van der Waals surface area contributed by atoms with Gasteiger partial charge < -0.3 is 14.4 Å². The van der Waals surface area contributed by atoms with Crippen LogP contribution >= 0.6 is 0 Å². The largest absolute Gasteiger partial charge is 0.508 e. The number of aromatic hydroxyl groups is 1. The number of rotatable bonds is 4. The lowest BCUT2D eigenvalue weighted by Gasteiger charge is -1.99. The second-order valence-electron chi connectivity index (χ2n) is 4.77. The molecule has 1 atom stereocenters. The fraction of sp³-hybridized carbons (Fsp3) is 0.429. The van der Waals surface area contributed by atoms with Crippen molar-refractivity contribution in [2.75, 3.05) is 13.2 Å². The van der Waals surface area contributed by atoms with E-state index in [4.69, 9.17) is 9.26 Å². The molecule has 2 aromatic rings. The zero-order valence-corrected chi connectivity index (χ0v) is 10.6. The van der Waals surface area contributed by atoms with Gasteiger partial charge in [0, 0.05) is 18.9 Å². The van der Waals surface area contributed by atoms with Gasteiger partial charge in [0.05, 0.1) is 6.61 Å². The lowest BCUT2D eigenvalue weighted by Crippen LogP contribution is -2.00. The molecule has 1 N–H and O–H groups in total.